The molecule has 9 heteroatoms. The molecule has 0 aliphatic rings. The first-order chi connectivity index (χ1) is 14.5. The maximum atomic E-state index is 12.2. The summed E-state index contributed by atoms with van der Waals surface area (Å²) in [5.41, 5.74) is 4.30. The molecular formula is C21H20N6O2S. The highest BCUT2D eigenvalue weighted by molar-refractivity contribution is 7.89. The van der Waals surface area contributed by atoms with E-state index in [0.717, 1.165) is 16.8 Å². The number of nitrogens with one attached hydrogen (secondary N) is 2. The SMILES string of the molecule is CNS(=O)(=O)c1ccc(Nc2ccc(-c3ccccc3)cc2)c(-c2nnn(C)n2)c1. The molecule has 1 aromatic heterocycles. The monoisotopic (exact) mass is 420 g/mol. The van der Waals surface area contributed by atoms with Gasteiger partial charge >= 0.3 is 0 Å². The quantitative estimate of drug-likeness (QED) is 0.497. The van der Waals surface area contributed by atoms with Gasteiger partial charge in [-0.15, -0.1) is 10.2 Å². The van der Waals surface area contributed by atoms with Crippen molar-refractivity contribution in [2.24, 2.45) is 7.05 Å². The fourth-order valence-corrected chi connectivity index (χ4v) is 3.78. The number of benzene rings is 3. The van der Waals surface area contributed by atoms with E-state index in [1.165, 1.54) is 24.0 Å². The van der Waals surface area contributed by atoms with Crippen molar-refractivity contribution in [2.45, 2.75) is 4.90 Å². The fourth-order valence-electron chi connectivity index (χ4n) is 3.03. The summed E-state index contributed by atoms with van der Waals surface area (Å²) >= 11 is 0. The van der Waals surface area contributed by atoms with E-state index in [9.17, 15) is 8.42 Å². The molecule has 0 atom stereocenters. The third kappa shape index (κ3) is 4.07. The molecule has 4 aromatic rings. The lowest BCUT2D eigenvalue weighted by Crippen LogP contribution is -2.18. The van der Waals surface area contributed by atoms with E-state index < -0.39 is 10.0 Å². The number of aryl methyl sites for hydroxylation is 1. The number of anilines is 2. The van der Waals surface area contributed by atoms with Crippen LogP contribution in [-0.2, 0) is 17.1 Å². The summed E-state index contributed by atoms with van der Waals surface area (Å²) in [6.45, 7) is 0. The second-order valence-corrected chi connectivity index (χ2v) is 8.47. The summed E-state index contributed by atoms with van der Waals surface area (Å²) in [7, 11) is -0.584. The molecule has 30 heavy (non-hydrogen) atoms. The Balaban J connectivity index is 1.70. The molecule has 0 spiro atoms. The van der Waals surface area contributed by atoms with E-state index in [0.29, 0.717) is 17.1 Å². The summed E-state index contributed by atoms with van der Waals surface area (Å²) in [4.78, 5) is 1.45. The first-order valence-corrected chi connectivity index (χ1v) is 10.7. The number of sulfonamides is 1. The maximum absolute atomic E-state index is 12.2. The smallest absolute Gasteiger partial charge is 0.240 e. The number of hydrogen-bond acceptors (Lipinski definition) is 6. The van der Waals surface area contributed by atoms with Crippen LogP contribution in [0.1, 0.15) is 0 Å². The fraction of sp³-hybridized carbons (Fsp3) is 0.0952. The lowest BCUT2D eigenvalue weighted by molar-refractivity contribution is 0.588. The van der Waals surface area contributed by atoms with Gasteiger partial charge in [-0.2, -0.15) is 4.80 Å². The van der Waals surface area contributed by atoms with Crippen LogP contribution >= 0.6 is 0 Å². The second kappa shape index (κ2) is 8.05. The van der Waals surface area contributed by atoms with Crippen molar-refractivity contribution >= 4 is 21.4 Å². The van der Waals surface area contributed by atoms with Crippen molar-refractivity contribution in [3.63, 3.8) is 0 Å². The topological polar surface area (TPSA) is 102 Å². The van der Waals surface area contributed by atoms with Gasteiger partial charge in [0.05, 0.1) is 11.9 Å². The van der Waals surface area contributed by atoms with Gasteiger partial charge in [0.15, 0.2) is 0 Å². The zero-order valence-electron chi connectivity index (χ0n) is 16.4. The van der Waals surface area contributed by atoms with Crippen molar-refractivity contribution in [1.82, 2.24) is 24.9 Å². The van der Waals surface area contributed by atoms with Crippen molar-refractivity contribution in [3.05, 3.63) is 72.8 Å². The van der Waals surface area contributed by atoms with Crippen molar-refractivity contribution < 1.29 is 8.42 Å². The number of nitrogens with zero attached hydrogens (tertiary/aromatic N) is 4. The Morgan fingerprint density at radius 3 is 2.23 bits per heavy atom. The number of tetrazole rings is 1. The van der Waals surface area contributed by atoms with Gasteiger partial charge in [-0.05, 0) is 53.7 Å². The summed E-state index contributed by atoms with van der Waals surface area (Å²) in [6, 6.07) is 22.8. The molecule has 0 fully saturated rings. The van der Waals surface area contributed by atoms with Gasteiger partial charge in [-0.3, -0.25) is 0 Å². The average molecular weight is 420 g/mol. The molecule has 8 nitrogen and oxygen atoms in total. The Hall–Kier alpha value is -3.56. The largest absolute Gasteiger partial charge is 0.355 e. The standard InChI is InChI=1S/C21H20N6O2S/c1-22-30(28,29)18-12-13-20(19(14-18)21-24-26-27(2)25-21)23-17-10-8-16(9-11-17)15-6-4-3-5-7-15/h3-14,22-23H,1-2H3. The van der Waals surface area contributed by atoms with Crippen LogP contribution in [0.25, 0.3) is 22.5 Å². The minimum atomic E-state index is -3.61. The van der Waals surface area contributed by atoms with E-state index in [1.807, 2.05) is 42.5 Å². The predicted octanol–water partition coefficient (Wildman–Crippen LogP) is 3.20. The van der Waals surface area contributed by atoms with Gasteiger partial charge in [-0.25, -0.2) is 13.1 Å². The van der Waals surface area contributed by atoms with E-state index in [-0.39, 0.29) is 4.90 Å². The van der Waals surface area contributed by atoms with Crippen LogP contribution < -0.4 is 10.0 Å². The third-order valence-electron chi connectivity index (χ3n) is 4.59. The van der Waals surface area contributed by atoms with Crippen molar-refractivity contribution in [2.75, 3.05) is 12.4 Å². The zero-order valence-corrected chi connectivity index (χ0v) is 17.3. The van der Waals surface area contributed by atoms with Crippen LogP contribution in [-0.4, -0.2) is 35.7 Å². The molecule has 0 amide bonds. The minimum absolute atomic E-state index is 0.123. The highest BCUT2D eigenvalue weighted by Gasteiger charge is 2.18. The summed E-state index contributed by atoms with van der Waals surface area (Å²) in [5.74, 6) is 0.328. The lowest BCUT2D eigenvalue weighted by Gasteiger charge is -2.13. The van der Waals surface area contributed by atoms with Crippen LogP contribution in [0.3, 0.4) is 0 Å². The van der Waals surface area contributed by atoms with E-state index in [2.05, 4.69) is 37.6 Å². The molecule has 3 aromatic carbocycles. The lowest BCUT2D eigenvalue weighted by atomic mass is 10.1. The van der Waals surface area contributed by atoms with Crippen molar-refractivity contribution in [1.29, 1.82) is 0 Å². The van der Waals surface area contributed by atoms with Crippen LogP contribution in [0.2, 0.25) is 0 Å². The van der Waals surface area contributed by atoms with Gasteiger partial charge in [-0.1, -0.05) is 42.5 Å². The Morgan fingerprint density at radius 1 is 0.900 bits per heavy atom. The van der Waals surface area contributed by atoms with Gasteiger partial charge in [0.1, 0.15) is 0 Å². The molecule has 0 saturated carbocycles. The zero-order chi connectivity index (χ0) is 21.1. The molecule has 4 rings (SSSR count). The summed E-state index contributed by atoms with van der Waals surface area (Å²) in [6.07, 6.45) is 0. The second-order valence-electron chi connectivity index (χ2n) is 6.59. The van der Waals surface area contributed by atoms with Crippen LogP contribution in [0.15, 0.2) is 77.7 Å². The molecule has 0 radical (unpaired) electrons. The molecule has 0 aliphatic carbocycles. The first-order valence-electron chi connectivity index (χ1n) is 9.21. The normalized spacial score (nSPS) is 11.4. The Morgan fingerprint density at radius 2 is 1.60 bits per heavy atom. The molecule has 0 aliphatic heterocycles. The summed E-state index contributed by atoms with van der Waals surface area (Å²) < 4.78 is 26.8. The van der Waals surface area contributed by atoms with E-state index in [1.54, 1.807) is 13.1 Å². The third-order valence-corrected chi connectivity index (χ3v) is 6.00. The van der Waals surface area contributed by atoms with Crippen LogP contribution in [0.5, 0.6) is 0 Å². The molecule has 0 unspecified atom stereocenters. The van der Waals surface area contributed by atoms with Gasteiger partial charge < -0.3 is 5.32 Å². The molecule has 152 valence electrons. The molecule has 0 bridgehead atoms. The van der Waals surface area contributed by atoms with Crippen molar-refractivity contribution in [3.8, 4) is 22.5 Å². The minimum Gasteiger partial charge on any atom is -0.355 e. The molecule has 1 heterocycles. The number of aromatic nitrogens is 4. The highest BCUT2D eigenvalue weighted by atomic mass is 32.2. The predicted molar refractivity (Wildman–Crippen MR) is 116 cm³/mol. The number of hydrogen-bond donors (Lipinski definition) is 2. The van der Waals surface area contributed by atoms with Gasteiger partial charge in [0.2, 0.25) is 15.8 Å². The van der Waals surface area contributed by atoms with Gasteiger partial charge in [0.25, 0.3) is 0 Å². The Bertz CT molecular complexity index is 1270. The van der Waals surface area contributed by atoms with E-state index in [4.69, 9.17) is 0 Å². The maximum Gasteiger partial charge on any atom is 0.240 e. The van der Waals surface area contributed by atoms with Crippen LogP contribution in [0.4, 0.5) is 11.4 Å². The summed E-state index contributed by atoms with van der Waals surface area (Å²) in [5, 5.41) is 15.4. The Labute approximate surface area is 174 Å². The number of rotatable bonds is 6. The molecule has 2 N–H and O–H groups in total. The Kier molecular flexibility index (Phi) is 5.30. The average Bonchev–Trinajstić information content (AvgIpc) is 3.21. The van der Waals surface area contributed by atoms with Crippen LogP contribution in [0, 0.1) is 0 Å². The highest BCUT2D eigenvalue weighted by Crippen LogP contribution is 2.31. The molecular weight excluding hydrogens is 400 g/mol. The van der Waals surface area contributed by atoms with E-state index >= 15 is 0 Å². The van der Waals surface area contributed by atoms with Gasteiger partial charge in [0, 0.05) is 16.9 Å². The molecule has 0 saturated heterocycles. The first kappa shape index (κ1) is 19.7.